The first kappa shape index (κ1) is 16.4. The van der Waals surface area contributed by atoms with Crippen LogP contribution >= 0.6 is 0 Å². The molecule has 6 heteroatoms. The van der Waals surface area contributed by atoms with E-state index in [-0.39, 0.29) is 18.0 Å². The molecule has 0 spiro atoms. The van der Waals surface area contributed by atoms with Crippen molar-refractivity contribution in [2.24, 2.45) is 0 Å². The van der Waals surface area contributed by atoms with Crippen LogP contribution in [0.5, 0.6) is 0 Å². The summed E-state index contributed by atoms with van der Waals surface area (Å²) in [5.41, 5.74) is 0.00965. The Balaban J connectivity index is 1.81. The van der Waals surface area contributed by atoms with Gasteiger partial charge in [-0.1, -0.05) is 0 Å². The largest absolute Gasteiger partial charge is 0.472 e. The van der Waals surface area contributed by atoms with Crippen LogP contribution in [0.4, 0.5) is 4.79 Å². The molecule has 0 radical (unpaired) electrons. The van der Waals surface area contributed by atoms with Crippen LogP contribution in [0.3, 0.4) is 0 Å². The van der Waals surface area contributed by atoms with Crippen LogP contribution in [-0.4, -0.2) is 29.7 Å². The molecule has 1 aliphatic rings. The zero-order valence-electron chi connectivity index (χ0n) is 13.3. The topological polar surface area (TPSA) is 80.6 Å². The monoisotopic (exact) mass is 308 g/mol. The van der Waals surface area contributed by atoms with E-state index in [1.807, 2.05) is 20.8 Å². The maximum Gasteiger partial charge on any atom is 0.407 e. The molecular weight excluding hydrogens is 284 g/mol. The Bertz CT molecular complexity index is 505. The van der Waals surface area contributed by atoms with E-state index in [0.717, 1.165) is 19.3 Å². The summed E-state index contributed by atoms with van der Waals surface area (Å²) in [5.74, 6) is -0.142. The molecule has 6 nitrogen and oxygen atoms in total. The number of furan rings is 1. The molecule has 2 amide bonds. The highest BCUT2D eigenvalue weighted by Crippen LogP contribution is 2.20. The van der Waals surface area contributed by atoms with E-state index >= 15 is 0 Å². The number of rotatable bonds is 3. The number of nitrogens with one attached hydrogen (secondary N) is 2. The number of hydrogen-bond donors (Lipinski definition) is 2. The van der Waals surface area contributed by atoms with Crippen LogP contribution < -0.4 is 10.6 Å². The average molecular weight is 308 g/mol. The Morgan fingerprint density at radius 1 is 1.23 bits per heavy atom. The molecule has 1 aliphatic carbocycles. The molecule has 2 atom stereocenters. The average Bonchev–Trinajstić information content (AvgIpc) is 2.90. The van der Waals surface area contributed by atoms with Crippen LogP contribution in [0.15, 0.2) is 23.0 Å². The maximum atomic E-state index is 12.0. The van der Waals surface area contributed by atoms with Crippen molar-refractivity contribution >= 4 is 12.0 Å². The van der Waals surface area contributed by atoms with Gasteiger partial charge in [0.25, 0.3) is 5.91 Å². The zero-order valence-corrected chi connectivity index (χ0v) is 13.3. The van der Waals surface area contributed by atoms with Gasteiger partial charge >= 0.3 is 6.09 Å². The lowest BCUT2D eigenvalue weighted by molar-refractivity contribution is 0.0489. The van der Waals surface area contributed by atoms with E-state index in [0.29, 0.717) is 12.0 Å². The predicted octanol–water partition coefficient (Wildman–Crippen LogP) is 2.85. The van der Waals surface area contributed by atoms with E-state index in [1.54, 1.807) is 6.07 Å². The van der Waals surface area contributed by atoms with Crippen LogP contribution in [0.1, 0.15) is 56.8 Å². The normalized spacial score (nSPS) is 22.0. The lowest BCUT2D eigenvalue weighted by Crippen LogP contribution is -2.46. The van der Waals surface area contributed by atoms with Gasteiger partial charge in [-0.25, -0.2) is 4.79 Å². The highest BCUT2D eigenvalue weighted by Gasteiger charge is 2.26. The molecule has 1 heterocycles. The summed E-state index contributed by atoms with van der Waals surface area (Å²) in [5, 5.41) is 5.86. The van der Waals surface area contributed by atoms with E-state index in [9.17, 15) is 9.59 Å². The lowest BCUT2D eigenvalue weighted by Gasteiger charge is -2.31. The number of hydrogen-bond acceptors (Lipinski definition) is 4. The van der Waals surface area contributed by atoms with Crippen LogP contribution in [0.2, 0.25) is 0 Å². The van der Waals surface area contributed by atoms with E-state index < -0.39 is 11.7 Å². The maximum absolute atomic E-state index is 12.0. The van der Waals surface area contributed by atoms with Crippen LogP contribution in [-0.2, 0) is 4.74 Å². The van der Waals surface area contributed by atoms with Crippen LogP contribution in [0, 0.1) is 0 Å². The van der Waals surface area contributed by atoms with Crippen molar-refractivity contribution in [1.29, 1.82) is 0 Å². The van der Waals surface area contributed by atoms with E-state index in [4.69, 9.17) is 9.15 Å². The van der Waals surface area contributed by atoms with Crippen molar-refractivity contribution in [2.45, 2.75) is 64.1 Å². The molecular formula is C16H24N2O4. The molecule has 1 fully saturated rings. The van der Waals surface area contributed by atoms with Gasteiger partial charge in [0, 0.05) is 12.1 Å². The lowest BCUT2D eigenvalue weighted by atomic mass is 9.91. The molecule has 0 bridgehead atoms. The fourth-order valence-electron chi connectivity index (χ4n) is 2.59. The number of alkyl carbamates (subject to hydrolysis) is 1. The summed E-state index contributed by atoms with van der Waals surface area (Å²) < 4.78 is 10.2. The van der Waals surface area contributed by atoms with Gasteiger partial charge in [-0.3, -0.25) is 4.79 Å². The molecule has 0 aromatic carbocycles. The van der Waals surface area contributed by atoms with E-state index in [1.165, 1.54) is 12.5 Å². The zero-order chi connectivity index (χ0) is 16.2. The molecule has 2 N–H and O–H groups in total. The van der Waals surface area contributed by atoms with Gasteiger partial charge in [-0.05, 0) is 52.5 Å². The van der Waals surface area contributed by atoms with Gasteiger partial charge in [-0.2, -0.15) is 0 Å². The summed E-state index contributed by atoms with van der Waals surface area (Å²) in [6, 6.07) is 1.71. The fourth-order valence-corrected chi connectivity index (χ4v) is 2.59. The molecule has 0 saturated heterocycles. The molecule has 22 heavy (non-hydrogen) atoms. The van der Waals surface area contributed by atoms with Gasteiger partial charge in [0.15, 0.2) is 0 Å². The molecule has 122 valence electrons. The number of carbonyl (C=O) groups is 2. The summed E-state index contributed by atoms with van der Waals surface area (Å²) in [6.45, 7) is 5.50. The fraction of sp³-hybridized carbons (Fsp3) is 0.625. The number of amides is 2. The smallest absolute Gasteiger partial charge is 0.407 e. The summed E-state index contributed by atoms with van der Waals surface area (Å²) >= 11 is 0. The van der Waals surface area contributed by atoms with Crippen molar-refractivity contribution in [3.63, 3.8) is 0 Å². The van der Waals surface area contributed by atoms with Crippen molar-refractivity contribution in [3.05, 3.63) is 24.2 Å². The summed E-state index contributed by atoms with van der Waals surface area (Å²) in [4.78, 5) is 23.8. The Hall–Kier alpha value is -1.98. The Kier molecular flexibility index (Phi) is 5.11. The van der Waals surface area contributed by atoms with Gasteiger partial charge in [0.2, 0.25) is 0 Å². The minimum Gasteiger partial charge on any atom is -0.472 e. The van der Waals surface area contributed by atoms with Gasteiger partial charge in [0.05, 0.1) is 11.8 Å². The minimum absolute atomic E-state index is 0.0262. The highest BCUT2D eigenvalue weighted by molar-refractivity contribution is 5.93. The first-order valence-corrected chi connectivity index (χ1v) is 7.66. The van der Waals surface area contributed by atoms with Gasteiger partial charge in [-0.15, -0.1) is 0 Å². The quantitative estimate of drug-likeness (QED) is 0.899. The number of ether oxygens (including phenoxy) is 1. The molecule has 0 unspecified atom stereocenters. The van der Waals surface area contributed by atoms with Crippen LogP contribution in [0.25, 0.3) is 0 Å². The van der Waals surface area contributed by atoms with Crippen molar-refractivity contribution in [3.8, 4) is 0 Å². The SMILES string of the molecule is CC(C)(C)OC(=O)N[C@H]1CCC[C@@H](NC(=O)c2ccoc2)C1. The second kappa shape index (κ2) is 6.85. The number of carbonyl (C=O) groups excluding carboxylic acids is 2. The van der Waals surface area contributed by atoms with Gasteiger partial charge in [0.1, 0.15) is 11.9 Å². The predicted molar refractivity (Wildman–Crippen MR) is 81.6 cm³/mol. The highest BCUT2D eigenvalue weighted by atomic mass is 16.6. The third-order valence-electron chi connectivity index (χ3n) is 3.51. The first-order valence-electron chi connectivity index (χ1n) is 7.66. The Morgan fingerprint density at radius 2 is 1.91 bits per heavy atom. The third-order valence-corrected chi connectivity index (χ3v) is 3.51. The summed E-state index contributed by atoms with van der Waals surface area (Å²) in [6.07, 6.45) is 5.98. The molecule has 0 aliphatic heterocycles. The standard InChI is InChI=1S/C16H24N2O4/c1-16(2,3)22-15(20)18-13-6-4-5-12(9-13)17-14(19)11-7-8-21-10-11/h7-8,10,12-13H,4-6,9H2,1-3H3,(H,17,19)(H,18,20)/t12-,13+/m1/s1. The minimum atomic E-state index is -0.506. The van der Waals surface area contributed by atoms with Crippen molar-refractivity contribution < 1.29 is 18.7 Å². The molecule has 1 saturated carbocycles. The Morgan fingerprint density at radius 3 is 2.50 bits per heavy atom. The second-order valence-electron chi connectivity index (χ2n) is 6.69. The first-order chi connectivity index (χ1) is 10.3. The third kappa shape index (κ3) is 5.09. The molecule has 1 aromatic heterocycles. The van der Waals surface area contributed by atoms with E-state index in [2.05, 4.69) is 10.6 Å². The molecule has 1 aromatic rings. The Labute approximate surface area is 130 Å². The summed E-state index contributed by atoms with van der Waals surface area (Å²) in [7, 11) is 0. The molecule has 2 rings (SSSR count). The van der Waals surface area contributed by atoms with Gasteiger partial charge < -0.3 is 19.8 Å². The second-order valence-corrected chi connectivity index (χ2v) is 6.69. The van der Waals surface area contributed by atoms with Crippen molar-refractivity contribution in [1.82, 2.24) is 10.6 Å². The van der Waals surface area contributed by atoms with Crippen molar-refractivity contribution in [2.75, 3.05) is 0 Å².